The van der Waals surface area contributed by atoms with Crippen LogP contribution in [0.4, 0.5) is 0 Å². The molecular weight excluding hydrogens is 252 g/mol. The van der Waals surface area contributed by atoms with Crippen LogP contribution >= 0.6 is 10.7 Å². The molecule has 2 aromatic rings. The summed E-state index contributed by atoms with van der Waals surface area (Å²) in [5, 5.41) is 6.54. The zero-order valence-corrected chi connectivity index (χ0v) is 10.2. The minimum absolute atomic E-state index is 0.274. The molecule has 0 amide bonds. The van der Waals surface area contributed by atoms with Crippen LogP contribution in [0.1, 0.15) is 11.3 Å². The van der Waals surface area contributed by atoms with Crippen LogP contribution in [-0.2, 0) is 9.05 Å². The lowest BCUT2D eigenvalue weighted by Crippen LogP contribution is -1.85. The van der Waals surface area contributed by atoms with Gasteiger partial charge in [-0.05, 0) is 26.0 Å². The van der Waals surface area contributed by atoms with Gasteiger partial charge in [0.05, 0.1) is 0 Å². The molecule has 7 heteroatoms. The van der Waals surface area contributed by atoms with Gasteiger partial charge in [0.15, 0.2) is 5.76 Å². The van der Waals surface area contributed by atoms with Crippen molar-refractivity contribution in [3.63, 3.8) is 0 Å². The smallest absolute Gasteiger partial charge is 0.294 e. The third-order valence-corrected chi connectivity index (χ3v) is 3.46. The highest BCUT2D eigenvalue weighted by Gasteiger charge is 2.18. The first-order valence-corrected chi connectivity index (χ1v) is 6.77. The SMILES string of the molecule is Cc1[nH]nc(-c2ccc(S(=O)(=O)Cl)o2)c1C. The summed E-state index contributed by atoms with van der Waals surface area (Å²) in [7, 11) is 1.33. The van der Waals surface area contributed by atoms with Gasteiger partial charge in [-0.3, -0.25) is 5.10 Å². The average molecular weight is 261 g/mol. The van der Waals surface area contributed by atoms with E-state index < -0.39 is 9.05 Å². The molecule has 86 valence electrons. The van der Waals surface area contributed by atoms with Crippen molar-refractivity contribution in [2.75, 3.05) is 0 Å². The van der Waals surface area contributed by atoms with Gasteiger partial charge in [0.1, 0.15) is 5.69 Å². The van der Waals surface area contributed by atoms with E-state index in [-0.39, 0.29) is 5.09 Å². The fraction of sp³-hybridized carbons (Fsp3) is 0.222. The summed E-state index contributed by atoms with van der Waals surface area (Å²) in [5.41, 5.74) is 2.40. The molecule has 0 aliphatic carbocycles. The number of hydrogen-bond donors (Lipinski definition) is 1. The van der Waals surface area contributed by atoms with Crippen LogP contribution in [0.3, 0.4) is 0 Å². The fourth-order valence-electron chi connectivity index (χ4n) is 1.30. The van der Waals surface area contributed by atoms with Crippen LogP contribution in [0.2, 0.25) is 0 Å². The van der Waals surface area contributed by atoms with Crippen LogP contribution < -0.4 is 0 Å². The molecule has 5 nitrogen and oxygen atoms in total. The largest absolute Gasteiger partial charge is 0.442 e. The highest BCUT2D eigenvalue weighted by molar-refractivity contribution is 8.13. The standard InChI is InChI=1S/C9H9ClN2O3S/c1-5-6(2)11-12-9(5)7-3-4-8(15-7)16(10,13)14/h3-4H,1-2H3,(H,11,12). The monoisotopic (exact) mass is 260 g/mol. The summed E-state index contributed by atoms with van der Waals surface area (Å²) >= 11 is 0. The topological polar surface area (TPSA) is 76.0 Å². The summed E-state index contributed by atoms with van der Waals surface area (Å²) in [4.78, 5) is 0. The molecule has 0 bridgehead atoms. The number of hydrogen-bond acceptors (Lipinski definition) is 4. The molecule has 0 aliphatic heterocycles. The molecule has 0 unspecified atom stereocenters. The Bertz CT molecular complexity index is 627. The van der Waals surface area contributed by atoms with Crippen LogP contribution in [0, 0.1) is 13.8 Å². The number of furan rings is 1. The lowest BCUT2D eigenvalue weighted by atomic mass is 10.2. The first kappa shape index (κ1) is 11.2. The number of nitrogens with one attached hydrogen (secondary N) is 1. The van der Waals surface area contributed by atoms with E-state index in [1.165, 1.54) is 12.1 Å². The van der Waals surface area contributed by atoms with E-state index in [1.54, 1.807) is 0 Å². The van der Waals surface area contributed by atoms with Gasteiger partial charge in [-0.2, -0.15) is 5.10 Å². The van der Waals surface area contributed by atoms with Crippen LogP contribution in [0.15, 0.2) is 21.6 Å². The Morgan fingerprint density at radius 1 is 1.38 bits per heavy atom. The van der Waals surface area contributed by atoms with E-state index in [0.29, 0.717) is 11.5 Å². The van der Waals surface area contributed by atoms with Gasteiger partial charge in [-0.1, -0.05) is 0 Å². The second-order valence-electron chi connectivity index (χ2n) is 3.38. The van der Waals surface area contributed by atoms with Crippen molar-refractivity contribution < 1.29 is 12.8 Å². The molecule has 0 fully saturated rings. The second kappa shape index (κ2) is 3.64. The minimum Gasteiger partial charge on any atom is -0.442 e. The molecule has 0 atom stereocenters. The maximum Gasteiger partial charge on any atom is 0.294 e. The maximum atomic E-state index is 11.0. The number of rotatable bonds is 2. The first-order valence-electron chi connectivity index (χ1n) is 4.46. The van der Waals surface area contributed by atoms with Crippen molar-refractivity contribution >= 4 is 19.7 Å². The van der Waals surface area contributed by atoms with Gasteiger partial charge in [-0.15, -0.1) is 0 Å². The average Bonchev–Trinajstić information content (AvgIpc) is 2.74. The Balaban J connectivity index is 2.51. The van der Waals surface area contributed by atoms with Crippen molar-refractivity contribution in [2.24, 2.45) is 0 Å². The Kier molecular flexibility index (Phi) is 2.55. The van der Waals surface area contributed by atoms with Crippen molar-refractivity contribution in [1.82, 2.24) is 10.2 Å². The molecule has 1 N–H and O–H groups in total. The molecule has 2 rings (SSSR count). The minimum atomic E-state index is -3.83. The summed E-state index contributed by atoms with van der Waals surface area (Å²) in [6, 6.07) is 2.83. The zero-order valence-electron chi connectivity index (χ0n) is 8.61. The molecular formula is C9H9ClN2O3S. The van der Waals surface area contributed by atoms with Gasteiger partial charge in [0.25, 0.3) is 9.05 Å². The summed E-state index contributed by atoms with van der Waals surface area (Å²) in [5.74, 6) is 0.376. The number of aromatic nitrogens is 2. The van der Waals surface area contributed by atoms with Crippen molar-refractivity contribution in [3.8, 4) is 11.5 Å². The van der Waals surface area contributed by atoms with Crippen molar-refractivity contribution in [2.45, 2.75) is 18.9 Å². The highest BCUT2D eigenvalue weighted by Crippen LogP contribution is 2.27. The maximum absolute atomic E-state index is 11.0. The number of H-pyrrole nitrogens is 1. The normalized spacial score (nSPS) is 11.9. The van der Waals surface area contributed by atoms with E-state index in [2.05, 4.69) is 10.2 Å². The first-order chi connectivity index (χ1) is 7.39. The summed E-state index contributed by atoms with van der Waals surface area (Å²) < 4.78 is 27.1. The van der Waals surface area contributed by atoms with Crippen LogP contribution in [-0.4, -0.2) is 18.6 Å². The highest BCUT2D eigenvalue weighted by atomic mass is 35.7. The molecule has 0 radical (unpaired) electrons. The van der Waals surface area contributed by atoms with Gasteiger partial charge in [0.2, 0.25) is 5.09 Å². The second-order valence-corrected chi connectivity index (χ2v) is 5.88. The lowest BCUT2D eigenvalue weighted by Gasteiger charge is -1.93. The quantitative estimate of drug-likeness (QED) is 0.840. The molecule has 16 heavy (non-hydrogen) atoms. The van der Waals surface area contributed by atoms with Gasteiger partial charge in [0, 0.05) is 21.9 Å². The third-order valence-electron chi connectivity index (χ3n) is 2.31. The summed E-state index contributed by atoms with van der Waals surface area (Å²) in [6.07, 6.45) is 0. The van der Waals surface area contributed by atoms with Gasteiger partial charge >= 0.3 is 0 Å². The van der Waals surface area contributed by atoms with Crippen molar-refractivity contribution in [3.05, 3.63) is 23.4 Å². The van der Waals surface area contributed by atoms with E-state index in [1.807, 2.05) is 13.8 Å². The van der Waals surface area contributed by atoms with E-state index in [0.717, 1.165) is 11.3 Å². The fourth-order valence-corrected chi connectivity index (χ4v) is 1.97. The predicted octanol–water partition coefficient (Wildman–Crippen LogP) is 2.21. The molecule has 0 spiro atoms. The number of aromatic amines is 1. The Hall–Kier alpha value is -1.27. The van der Waals surface area contributed by atoms with Gasteiger partial charge < -0.3 is 4.42 Å². The number of aryl methyl sites for hydroxylation is 1. The number of halogens is 1. The Morgan fingerprint density at radius 3 is 2.50 bits per heavy atom. The third kappa shape index (κ3) is 1.85. The molecule has 0 aliphatic rings. The van der Waals surface area contributed by atoms with Gasteiger partial charge in [-0.25, -0.2) is 8.42 Å². The number of nitrogens with zero attached hydrogens (tertiary/aromatic N) is 1. The van der Waals surface area contributed by atoms with E-state index in [9.17, 15) is 8.42 Å². The van der Waals surface area contributed by atoms with Crippen molar-refractivity contribution in [1.29, 1.82) is 0 Å². The van der Waals surface area contributed by atoms with E-state index >= 15 is 0 Å². The molecule has 2 heterocycles. The molecule has 0 saturated carbocycles. The lowest BCUT2D eigenvalue weighted by molar-refractivity contribution is 0.465. The zero-order chi connectivity index (χ0) is 11.9. The Morgan fingerprint density at radius 2 is 2.06 bits per heavy atom. The predicted molar refractivity (Wildman–Crippen MR) is 58.8 cm³/mol. The molecule has 0 saturated heterocycles. The Labute approximate surface area is 96.8 Å². The van der Waals surface area contributed by atoms with E-state index in [4.69, 9.17) is 15.1 Å². The van der Waals surface area contributed by atoms with Crippen LogP contribution in [0.5, 0.6) is 0 Å². The molecule has 2 aromatic heterocycles. The van der Waals surface area contributed by atoms with Crippen LogP contribution in [0.25, 0.3) is 11.5 Å². The molecule has 0 aromatic carbocycles. The summed E-state index contributed by atoms with van der Waals surface area (Å²) in [6.45, 7) is 3.74.